The Morgan fingerprint density at radius 2 is 1.88 bits per heavy atom. The van der Waals surface area contributed by atoms with Crippen LogP contribution in [0.4, 0.5) is 0 Å². The summed E-state index contributed by atoms with van der Waals surface area (Å²) in [6, 6.07) is 0. The van der Waals surface area contributed by atoms with Crippen LogP contribution in [0, 0.1) is 0 Å². The summed E-state index contributed by atoms with van der Waals surface area (Å²) in [5.74, 6) is 0. The third-order valence-corrected chi connectivity index (χ3v) is 2.25. The van der Waals surface area contributed by atoms with Crippen LogP contribution in [0.5, 0.6) is 0 Å². The van der Waals surface area contributed by atoms with Crippen LogP contribution in [0.2, 0.25) is 0 Å². The van der Waals surface area contributed by atoms with E-state index in [0.29, 0.717) is 6.42 Å². The van der Waals surface area contributed by atoms with E-state index in [4.69, 9.17) is 14.6 Å². The van der Waals surface area contributed by atoms with Gasteiger partial charge in [0.2, 0.25) is 0 Å². The van der Waals surface area contributed by atoms with E-state index >= 15 is 0 Å². The van der Waals surface area contributed by atoms with E-state index in [1.807, 2.05) is 0 Å². The average molecular weight is 234 g/mol. The molecule has 5 heteroatoms. The fourth-order valence-corrected chi connectivity index (χ4v) is 1.07. The van der Waals surface area contributed by atoms with Crippen LogP contribution in [0.1, 0.15) is 20.3 Å². The predicted molar refractivity (Wildman–Crippen MR) is 58.3 cm³/mol. The minimum absolute atomic E-state index is 0.215. The van der Waals surface area contributed by atoms with Gasteiger partial charge in [-0.15, -0.1) is 0 Å². The van der Waals surface area contributed by atoms with Gasteiger partial charge in [0.15, 0.2) is 0 Å². The number of epoxide rings is 2. The second-order valence-electron chi connectivity index (χ2n) is 4.26. The molecule has 96 valence electrons. The molecule has 0 bridgehead atoms. The van der Waals surface area contributed by atoms with Crippen molar-refractivity contribution in [3.8, 4) is 0 Å². The Kier molecular flexibility index (Phi) is 6.23. The maximum Gasteiger partial charge on any atom is 0.0835 e. The topological polar surface area (TPSA) is 74.8 Å². The molecule has 0 spiro atoms. The fraction of sp³-hybridized carbons (Fsp3) is 1.00. The summed E-state index contributed by atoms with van der Waals surface area (Å²) >= 11 is 0. The van der Waals surface area contributed by atoms with Gasteiger partial charge in [0.1, 0.15) is 0 Å². The lowest BCUT2D eigenvalue weighted by molar-refractivity contribution is -0.0577. The van der Waals surface area contributed by atoms with Crippen LogP contribution in [0.3, 0.4) is 0 Å². The molecule has 0 aromatic rings. The van der Waals surface area contributed by atoms with Crippen molar-refractivity contribution in [2.24, 2.45) is 0 Å². The van der Waals surface area contributed by atoms with Gasteiger partial charge in [-0.25, -0.2) is 0 Å². The Morgan fingerprint density at radius 1 is 1.31 bits per heavy atom. The van der Waals surface area contributed by atoms with Crippen molar-refractivity contribution in [3.63, 3.8) is 0 Å². The zero-order chi connectivity index (χ0) is 12.0. The zero-order valence-corrected chi connectivity index (χ0v) is 9.96. The molecule has 4 atom stereocenters. The first kappa shape index (κ1) is 13.9. The molecule has 4 unspecified atom stereocenters. The number of ether oxygens (including phenoxy) is 3. The summed E-state index contributed by atoms with van der Waals surface area (Å²) in [7, 11) is 0. The summed E-state index contributed by atoms with van der Waals surface area (Å²) < 4.78 is 14.7. The molecular formula is C11H22O5. The Hall–Kier alpha value is -0.200. The van der Waals surface area contributed by atoms with Gasteiger partial charge < -0.3 is 24.4 Å². The van der Waals surface area contributed by atoms with Crippen LogP contribution in [0.15, 0.2) is 0 Å². The van der Waals surface area contributed by atoms with Gasteiger partial charge in [-0.2, -0.15) is 0 Å². The molecule has 2 fully saturated rings. The lowest BCUT2D eigenvalue weighted by Crippen LogP contribution is -2.29. The second kappa shape index (κ2) is 7.19. The molecule has 0 aromatic carbocycles. The first-order valence-corrected chi connectivity index (χ1v) is 5.76. The highest BCUT2D eigenvalue weighted by Crippen LogP contribution is 2.18. The minimum Gasteiger partial charge on any atom is -0.391 e. The molecule has 2 heterocycles. The largest absolute Gasteiger partial charge is 0.391 e. The molecule has 2 aliphatic rings. The van der Waals surface area contributed by atoms with E-state index in [1.165, 1.54) is 0 Å². The summed E-state index contributed by atoms with van der Waals surface area (Å²) in [5, 5.41) is 18.5. The van der Waals surface area contributed by atoms with Crippen molar-refractivity contribution >= 4 is 0 Å². The van der Waals surface area contributed by atoms with Gasteiger partial charge in [-0.1, -0.05) is 0 Å². The fourth-order valence-electron chi connectivity index (χ4n) is 1.07. The van der Waals surface area contributed by atoms with Crippen molar-refractivity contribution in [3.05, 3.63) is 0 Å². The maximum atomic E-state index is 9.55. The van der Waals surface area contributed by atoms with Crippen molar-refractivity contribution in [2.75, 3.05) is 26.4 Å². The lowest BCUT2D eigenvalue weighted by Gasteiger charge is -2.19. The van der Waals surface area contributed by atoms with E-state index in [9.17, 15) is 5.11 Å². The first-order chi connectivity index (χ1) is 7.59. The van der Waals surface area contributed by atoms with Crippen LogP contribution in [0.25, 0.3) is 0 Å². The molecule has 2 saturated heterocycles. The highest BCUT2D eigenvalue weighted by Gasteiger charge is 2.28. The normalized spacial score (nSPS) is 27.4. The first-order valence-electron chi connectivity index (χ1n) is 5.76. The molecule has 2 rings (SSSR count). The van der Waals surface area contributed by atoms with Gasteiger partial charge in [-0.3, -0.25) is 0 Å². The van der Waals surface area contributed by atoms with Crippen molar-refractivity contribution in [1.29, 1.82) is 0 Å². The molecule has 5 nitrogen and oxygen atoms in total. The smallest absolute Gasteiger partial charge is 0.0835 e. The Morgan fingerprint density at radius 3 is 2.25 bits per heavy atom. The Bertz CT molecular complexity index is 176. The second-order valence-corrected chi connectivity index (χ2v) is 4.26. The van der Waals surface area contributed by atoms with E-state index in [1.54, 1.807) is 13.8 Å². The standard InChI is InChI=1S/C9H18O4.C2H4O/c1-6(10)4-12-7(2)9(11)3-8-5-13-8;1-2-3-1/h6-11H,3-5H2,1-2H3;1-2H2. The van der Waals surface area contributed by atoms with Gasteiger partial charge in [0.05, 0.1) is 50.8 Å². The van der Waals surface area contributed by atoms with E-state index in [0.717, 1.165) is 19.8 Å². The van der Waals surface area contributed by atoms with Crippen molar-refractivity contribution < 1.29 is 24.4 Å². The highest BCUT2D eigenvalue weighted by molar-refractivity contribution is 4.76. The van der Waals surface area contributed by atoms with E-state index in [2.05, 4.69) is 4.74 Å². The van der Waals surface area contributed by atoms with Crippen LogP contribution in [-0.2, 0) is 14.2 Å². The van der Waals surface area contributed by atoms with Crippen LogP contribution < -0.4 is 0 Å². The lowest BCUT2D eigenvalue weighted by atomic mass is 10.1. The van der Waals surface area contributed by atoms with Gasteiger partial charge in [-0.05, 0) is 13.8 Å². The zero-order valence-electron chi connectivity index (χ0n) is 9.96. The molecule has 2 aliphatic heterocycles. The van der Waals surface area contributed by atoms with Gasteiger partial charge >= 0.3 is 0 Å². The van der Waals surface area contributed by atoms with Gasteiger partial charge in [0, 0.05) is 6.42 Å². The highest BCUT2D eigenvalue weighted by atomic mass is 16.6. The minimum atomic E-state index is -0.494. The molecule has 0 radical (unpaired) electrons. The third kappa shape index (κ3) is 8.01. The van der Waals surface area contributed by atoms with Gasteiger partial charge in [0.25, 0.3) is 0 Å². The van der Waals surface area contributed by atoms with E-state index < -0.39 is 12.2 Å². The summed E-state index contributed by atoms with van der Waals surface area (Å²) in [5.41, 5.74) is 0. The monoisotopic (exact) mass is 234 g/mol. The molecule has 2 N–H and O–H groups in total. The summed E-state index contributed by atoms with van der Waals surface area (Å²) in [4.78, 5) is 0. The number of hydrogen-bond acceptors (Lipinski definition) is 5. The number of aliphatic hydroxyl groups is 2. The Labute approximate surface area is 96.3 Å². The predicted octanol–water partition coefficient (Wildman–Crippen LogP) is -0.0613. The SMILES string of the molecule is C1CO1.CC(O)COC(C)C(O)CC1CO1. The molecular weight excluding hydrogens is 212 g/mol. The number of rotatable bonds is 6. The summed E-state index contributed by atoms with van der Waals surface area (Å²) in [6.45, 7) is 6.47. The Balaban J connectivity index is 0.000000365. The van der Waals surface area contributed by atoms with Crippen molar-refractivity contribution in [2.45, 2.75) is 44.7 Å². The number of hydrogen-bond donors (Lipinski definition) is 2. The average Bonchev–Trinajstić information content (AvgIpc) is 3.03. The molecule has 0 amide bonds. The quantitative estimate of drug-likeness (QED) is 0.630. The van der Waals surface area contributed by atoms with E-state index in [-0.39, 0.29) is 18.8 Å². The summed E-state index contributed by atoms with van der Waals surface area (Å²) in [6.07, 6.45) is -0.370. The molecule has 0 aromatic heterocycles. The van der Waals surface area contributed by atoms with Crippen molar-refractivity contribution in [1.82, 2.24) is 0 Å². The third-order valence-electron chi connectivity index (χ3n) is 2.25. The number of aliphatic hydroxyl groups excluding tert-OH is 2. The van der Waals surface area contributed by atoms with Crippen LogP contribution in [-0.4, -0.2) is 61.1 Å². The molecule has 0 aliphatic carbocycles. The maximum absolute atomic E-state index is 9.55. The van der Waals surface area contributed by atoms with Crippen LogP contribution >= 0.6 is 0 Å². The molecule has 0 saturated carbocycles. The molecule has 16 heavy (non-hydrogen) atoms.